The van der Waals surface area contributed by atoms with E-state index in [9.17, 15) is 9.59 Å². The van der Waals surface area contributed by atoms with Crippen molar-refractivity contribution in [2.24, 2.45) is 0 Å². The maximum Gasteiger partial charge on any atom is 0.305 e. The smallest absolute Gasteiger partial charge is 0.305 e. The minimum absolute atomic E-state index is 0.157. The lowest BCUT2D eigenvalue weighted by Gasteiger charge is -2.07. The molecule has 6 nitrogen and oxygen atoms in total. The number of epoxide rings is 2. The molecule has 0 radical (unpaired) electrons. The van der Waals surface area contributed by atoms with Crippen molar-refractivity contribution in [3.8, 4) is 0 Å². The molecule has 4 atom stereocenters. The van der Waals surface area contributed by atoms with Gasteiger partial charge in [-0.25, -0.2) is 0 Å². The van der Waals surface area contributed by atoms with Gasteiger partial charge in [0.1, 0.15) is 13.2 Å². The predicted molar refractivity (Wildman–Crippen MR) is 143 cm³/mol. The molecule has 2 heterocycles. The van der Waals surface area contributed by atoms with Crippen molar-refractivity contribution in [3.63, 3.8) is 0 Å². The number of unbranched alkanes of at least 4 members (excludes halogenated alkanes) is 10. The van der Waals surface area contributed by atoms with E-state index in [-0.39, 0.29) is 25.2 Å². The van der Waals surface area contributed by atoms with Crippen LogP contribution in [0.15, 0.2) is 0 Å². The van der Waals surface area contributed by atoms with Gasteiger partial charge in [-0.15, -0.1) is 0 Å². The van der Waals surface area contributed by atoms with E-state index >= 15 is 0 Å². The van der Waals surface area contributed by atoms with Crippen molar-refractivity contribution in [1.29, 1.82) is 0 Å². The van der Waals surface area contributed by atoms with Crippen LogP contribution >= 0.6 is 0 Å². The van der Waals surface area contributed by atoms with E-state index < -0.39 is 0 Å². The summed E-state index contributed by atoms with van der Waals surface area (Å²) in [5, 5.41) is 0. The molecule has 0 aromatic heterocycles. The first kappa shape index (κ1) is 31.1. The van der Waals surface area contributed by atoms with Crippen molar-refractivity contribution in [1.82, 2.24) is 0 Å². The molecule has 2 rings (SSSR count). The summed E-state index contributed by atoms with van der Waals surface area (Å²) in [6, 6.07) is 0. The van der Waals surface area contributed by atoms with Gasteiger partial charge >= 0.3 is 11.9 Å². The third kappa shape index (κ3) is 15.9. The van der Waals surface area contributed by atoms with Crippen LogP contribution in [-0.4, -0.2) is 49.6 Å². The van der Waals surface area contributed by atoms with Gasteiger partial charge in [0.2, 0.25) is 0 Å². The zero-order valence-electron chi connectivity index (χ0n) is 23.3. The Morgan fingerprint density at radius 3 is 1.19 bits per heavy atom. The lowest BCUT2D eigenvalue weighted by molar-refractivity contribution is -0.152. The lowest BCUT2D eigenvalue weighted by atomic mass is 10.1. The average molecular weight is 511 g/mol. The maximum absolute atomic E-state index is 11.8. The SMILES string of the molecule is CCCCCC1OC1CCCCCCC(=O)OCCOC(=O)CCCCCCC1OC1CCCCC. The number of hydrogen-bond acceptors (Lipinski definition) is 6. The van der Waals surface area contributed by atoms with E-state index in [1.54, 1.807) is 0 Å². The zero-order chi connectivity index (χ0) is 25.8. The van der Waals surface area contributed by atoms with Crippen LogP contribution < -0.4 is 0 Å². The van der Waals surface area contributed by atoms with Gasteiger partial charge in [0.15, 0.2) is 0 Å². The molecule has 0 spiro atoms. The topological polar surface area (TPSA) is 77.7 Å². The van der Waals surface area contributed by atoms with E-state index in [2.05, 4.69) is 13.8 Å². The van der Waals surface area contributed by atoms with Crippen LogP contribution in [-0.2, 0) is 28.5 Å². The third-order valence-electron chi connectivity index (χ3n) is 7.41. The first-order chi connectivity index (χ1) is 17.6. The monoisotopic (exact) mass is 510 g/mol. The fourth-order valence-electron chi connectivity index (χ4n) is 4.96. The minimum Gasteiger partial charge on any atom is -0.462 e. The highest BCUT2D eigenvalue weighted by Crippen LogP contribution is 2.32. The Morgan fingerprint density at radius 2 is 0.833 bits per heavy atom. The van der Waals surface area contributed by atoms with Gasteiger partial charge in [0.05, 0.1) is 24.4 Å². The summed E-state index contributed by atoms with van der Waals surface area (Å²) >= 11 is 0. The molecule has 0 bridgehead atoms. The molecule has 2 fully saturated rings. The van der Waals surface area contributed by atoms with E-state index in [0.29, 0.717) is 37.3 Å². The molecule has 0 aromatic rings. The first-order valence-electron chi connectivity index (χ1n) is 15.3. The maximum atomic E-state index is 11.8. The molecule has 0 aromatic carbocycles. The van der Waals surface area contributed by atoms with Crippen molar-refractivity contribution >= 4 is 11.9 Å². The summed E-state index contributed by atoms with van der Waals surface area (Å²) in [5.74, 6) is -0.389. The number of esters is 2. The Bertz CT molecular complexity index is 530. The highest BCUT2D eigenvalue weighted by molar-refractivity contribution is 5.70. The van der Waals surface area contributed by atoms with Crippen LogP contribution in [0.4, 0.5) is 0 Å². The summed E-state index contributed by atoms with van der Waals surface area (Å²) < 4.78 is 21.8. The molecule has 36 heavy (non-hydrogen) atoms. The standard InChI is InChI=1S/C30H54O6/c1-3-5-11-17-25-27(35-25)19-13-7-9-15-21-29(31)33-23-24-34-30(32)22-16-10-8-14-20-28-26(36-28)18-12-6-4-2/h25-28H,3-24H2,1-2H3. The number of hydrogen-bond donors (Lipinski definition) is 0. The number of ether oxygens (including phenoxy) is 4. The molecule has 0 N–H and O–H groups in total. The molecule has 6 heteroatoms. The van der Waals surface area contributed by atoms with Gasteiger partial charge in [-0.1, -0.05) is 90.9 Å². The molecular formula is C30H54O6. The van der Waals surface area contributed by atoms with Crippen LogP contribution in [0.25, 0.3) is 0 Å². The third-order valence-corrected chi connectivity index (χ3v) is 7.41. The second-order valence-electron chi connectivity index (χ2n) is 10.8. The van der Waals surface area contributed by atoms with Crippen LogP contribution in [0.3, 0.4) is 0 Å². The lowest BCUT2D eigenvalue weighted by Crippen LogP contribution is -2.13. The van der Waals surface area contributed by atoms with Crippen molar-refractivity contribution < 1.29 is 28.5 Å². The number of carbonyl (C=O) groups is 2. The van der Waals surface area contributed by atoms with E-state index in [1.165, 1.54) is 64.2 Å². The Kier molecular flexibility index (Phi) is 17.2. The second kappa shape index (κ2) is 19.9. The second-order valence-corrected chi connectivity index (χ2v) is 10.8. The molecule has 2 aliphatic heterocycles. The van der Waals surface area contributed by atoms with E-state index in [1.807, 2.05) is 0 Å². The minimum atomic E-state index is -0.195. The normalized spacial score (nSPS) is 22.4. The van der Waals surface area contributed by atoms with E-state index in [4.69, 9.17) is 18.9 Å². The molecule has 2 saturated heterocycles. The Labute approximate surface area is 220 Å². The molecule has 4 unspecified atom stereocenters. The van der Waals surface area contributed by atoms with Crippen LogP contribution in [0.5, 0.6) is 0 Å². The van der Waals surface area contributed by atoms with E-state index in [0.717, 1.165) is 51.4 Å². The van der Waals surface area contributed by atoms with Gasteiger partial charge < -0.3 is 18.9 Å². The highest BCUT2D eigenvalue weighted by Gasteiger charge is 2.37. The molecule has 0 saturated carbocycles. The first-order valence-corrected chi connectivity index (χ1v) is 15.3. The summed E-state index contributed by atoms with van der Waals surface area (Å²) in [6.07, 6.45) is 23.8. The largest absolute Gasteiger partial charge is 0.462 e. The van der Waals surface area contributed by atoms with Crippen molar-refractivity contribution in [2.75, 3.05) is 13.2 Å². The van der Waals surface area contributed by atoms with Gasteiger partial charge in [-0.3, -0.25) is 9.59 Å². The summed E-state index contributed by atoms with van der Waals surface area (Å²) in [6.45, 7) is 4.78. The van der Waals surface area contributed by atoms with Crippen molar-refractivity contribution in [3.05, 3.63) is 0 Å². The van der Waals surface area contributed by atoms with Crippen LogP contribution in [0.2, 0.25) is 0 Å². The van der Waals surface area contributed by atoms with Crippen LogP contribution in [0, 0.1) is 0 Å². The quantitative estimate of drug-likeness (QED) is 0.0721. The van der Waals surface area contributed by atoms with Crippen LogP contribution in [0.1, 0.15) is 142 Å². The molecule has 210 valence electrons. The summed E-state index contributed by atoms with van der Waals surface area (Å²) in [5.41, 5.74) is 0. The van der Waals surface area contributed by atoms with Gasteiger partial charge in [-0.05, 0) is 38.5 Å². The fourth-order valence-corrected chi connectivity index (χ4v) is 4.96. The molecule has 2 aliphatic rings. The number of rotatable bonds is 25. The Balaban J connectivity index is 1.27. The average Bonchev–Trinajstić information content (AvgIpc) is 3.79. The van der Waals surface area contributed by atoms with Crippen molar-refractivity contribution in [2.45, 2.75) is 167 Å². The predicted octanol–water partition coefficient (Wildman–Crippen LogP) is 7.45. The number of carbonyl (C=O) groups excluding carboxylic acids is 2. The Morgan fingerprint density at radius 1 is 0.500 bits per heavy atom. The van der Waals surface area contributed by atoms with Gasteiger partial charge in [-0.2, -0.15) is 0 Å². The fraction of sp³-hybridized carbons (Fsp3) is 0.933. The van der Waals surface area contributed by atoms with Gasteiger partial charge in [0, 0.05) is 12.8 Å². The molecule has 0 amide bonds. The zero-order valence-corrected chi connectivity index (χ0v) is 23.3. The summed E-state index contributed by atoms with van der Waals surface area (Å²) in [7, 11) is 0. The Hall–Kier alpha value is -1.14. The highest BCUT2D eigenvalue weighted by atomic mass is 16.6. The summed E-state index contributed by atoms with van der Waals surface area (Å²) in [4.78, 5) is 23.7. The molecular weight excluding hydrogens is 456 g/mol. The molecule has 0 aliphatic carbocycles. The van der Waals surface area contributed by atoms with Gasteiger partial charge in [0.25, 0.3) is 0 Å².